The summed E-state index contributed by atoms with van der Waals surface area (Å²) in [6, 6.07) is 1.65. The van der Waals surface area contributed by atoms with Crippen molar-refractivity contribution >= 4 is 59.9 Å². The van der Waals surface area contributed by atoms with Gasteiger partial charge in [0.1, 0.15) is 11.8 Å². The van der Waals surface area contributed by atoms with Crippen molar-refractivity contribution < 1.29 is 9.90 Å². The Balaban J connectivity index is 2.05. The highest BCUT2D eigenvalue weighted by Gasteiger charge is 2.26. The minimum Gasteiger partial charge on any atom is -0.506 e. The van der Waals surface area contributed by atoms with Gasteiger partial charge in [-0.1, -0.05) is 15.9 Å². The van der Waals surface area contributed by atoms with Crippen LogP contribution in [0.25, 0.3) is 0 Å². The Morgan fingerprint density at radius 3 is 2.76 bits per heavy atom. The SMILES string of the molecule is CC1CC(C(=O)N/N=C/c2c(Br)cc(Br)c(O)c2Br)NN1. The minimum atomic E-state index is -0.303. The molecule has 2 atom stereocenters. The maximum absolute atomic E-state index is 11.9. The summed E-state index contributed by atoms with van der Waals surface area (Å²) < 4.78 is 1.76. The molecule has 4 N–H and O–H groups in total. The summed E-state index contributed by atoms with van der Waals surface area (Å²) in [5.74, 6) is -0.141. The number of hydrazone groups is 1. The number of phenolic OH excluding ortho intramolecular Hbond substituents is 1. The Labute approximate surface area is 147 Å². The lowest BCUT2D eigenvalue weighted by molar-refractivity contribution is -0.122. The molecule has 1 aromatic carbocycles. The Hall–Kier alpha value is -0.480. The largest absolute Gasteiger partial charge is 0.506 e. The number of nitrogens with zero attached hydrogens (tertiary/aromatic N) is 1. The van der Waals surface area contributed by atoms with Crippen LogP contribution in [0.5, 0.6) is 5.75 Å². The summed E-state index contributed by atoms with van der Waals surface area (Å²) >= 11 is 9.90. The molecule has 0 aromatic heterocycles. The lowest BCUT2D eigenvalue weighted by Gasteiger charge is -2.08. The number of benzene rings is 1. The average molecular weight is 485 g/mol. The third kappa shape index (κ3) is 4.04. The van der Waals surface area contributed by atoms with Crippen LogP contribution in [0.15, 0.2) is 24.6 Å². The number of aromatic hydroxyl groups is 1. The van der Waals surface area contributed by atoms with Crippen LogP contribution >= 0.6 is 47.8 Å². The first kappa shape index (κ1) is 16.9. The number of hydrazine groups is 1. The fraction of sp³-hybridized carbons (Fsp3) is 0.333. The Kier molecular flexibility index (Phi) is 5.78. The van der Waals surface area contributed by atoms with E-state index < -0.39 is 0 Å². The standard InChI is InChI=1S/C12H13Br3N4O2/c1-5-2-9(18-17-5)12(21)19-16-4-6-7(13)3-8(14)11(20)10(6)15/h3-5,9,17-18,20H,2H2,1H3,(H,19,21)/b16-4+. The molecule has 1 aromatic rings. The second-order valence-corrected chi connectivity index (χ2v) is 7.13. The van der Waals surface area contributed by atoms with Gasteiger partial charge in [0.2, 0.25) is 0 Å². The number of rotatable bonds is 3. The Morgan fingerprint density at radius 1 is 1.43 bits per heavy atom. The molecule has 0 saturated carbocycles. The van der Waals surface area contributed by atoms with Gasteiger partial charge in [0.05, 0.1) is 15.2 Å². The lowest BCUT2D eigenvalue weighted by atomic mass is 10.1. The third-order valence-electron chi connectivity index (χ3n) is 2.96. The van der Waals surface area contributed by atoms with E-state index >= 15 is 0 Å². The van der Waals surface area contributed by atoms with Gasteiger partial charge in [-0.25, -0.2) is 10.9 Å². The van der Waals surface area contributed by atoms with Crippen LogP contribution < -0.4 is 16.3 Å². The molecule has 1 heterocycles. The zero-order valence-corrected chi connectivity index (χ0v) is 15.7. The van der Waals surface area contributed by atoms with Gasteiger partial charge in [-0.15, -0.1) is 0 Å². The van der Waals surface area contributed by atoms with Crippen molar-refractivity contribution in [2.75, 3.05) is 0 Å². The van der Waals surface area contributed by atoms with Gasteiger partial charge in [0, 0.05) is 16.1 Å². The molecular weight excluding hydrogens is 472 g/mol. The molecule has 0 bridgehead atoms. The number of carbonyl (C=O) groups is 1. The monoisotopic (exact) mass is 482 g/mol. The number of hydrogen-bond donors (Lipinski definition) is 4. The summed E-state index contributed by atoms with van der Waals surface area (Å²) in [5.41, 5.74) is 8.97. The zero-order valence-electron chi connectivity index (χ0n) is 11.0. The fourth-order valence-electron chi connectivity index (χ4n) is 1.84. The quantitative estimate of drug-likeness (QED) is 0.392. The van der Waals surface area contributed by atoms with E-state index in [-0.39, 0.29) is 23.7 Å². The highest BCUT2D eigenvalue weighted by molar-refractivity contribution is 9.11. The number of carbonyl (C=O) groups excluding carboxylic acids is 1. The van der Waals surface area contributed by atoms with E-state index in [1.54, 1.807) is 6.07 Å². The molecule has 1 aliphatic rings. The summed E-state index contributed by atoms with van der Waals surface area (Å²) in [7, 11) is 0. The summed E-state index contributed by atoms with van der Waals surface area (Å²) in [4.78, 5) is 11.9. The third-order valence-corrected chi connectivity index (χ3v) is 5.02. The van der Waals surface area contributed by atoms with Crippen molar-refractivity contribution in [3.8, 4) is 5.75 Å². The number of hydrogen-bond acceptors (Lipinski definition) is 5. The molecule has 1 aliphatic heterocycles. The number of halogens is 3. The second kappa shape index (κ2) is 7.19. The first-order valence-electron chi connectivity index (χ1n) is 6.10. The fourth-order valence-corrected chi connectivity index (χ4v) is 4.16. The first-order chi connectivity index (χ1) is 9.90. The molecule has 1 saturated heterocycles. The van der Waals surface area contributed by atoms with E-state index in [1.165, 1.54) is 6.21 Å². The van der Waals surface area contributed by atoms with E-state index in [4.69, 9.17) is 0 Å². The molecule has 114 valence electrons. The van der Waals surface area contributed by atoms with Gasteiger partial charge in [0.25, 0.3) is 5.91 Å². The topological polar surface area (TPSA) is 85.8 Å². The highest BCUT2D eigenvalue weighted by Crippen LogP contribution is 2.38. The summed E-state index contributed by atoms with van der Waals surface area (Å²) in [5, 5.41) is 13.8. The molecule has 6 nitrogen and oxygen atoms in total. The van der Waals surface area contributed by atoms with Gasteiger partial charge in [-0.05, 0) is 51.3 Å². The van der Waals surface area contributed by atoms with Gasteiger partial charge in [0.15, 0.2) is 0 Å². The van der Waals surface area contributed by atoms with E-state index in [9.17, 15) is 9.90 Å². The van der Waals surface area contributed by atoms with Crippen LogP contribution in [0.1, 0.15) is 18.9 Å². The molecule has 0 spiro atoms. The van der Waals surface area contributed by atoms with Crippen LogP contribution in [0.3, 0.4) is 0 Å². The minimum absolute atomic E-state index is 0.0708. The predicted molar refractivity (Wildman–Crippen MR) is 91.1 cm³/mol. The van der Waals surface area contributed by atoms with Gasteiger partial charge >= 0.3 is 0 Å². The second-order valence-electron chi connectivity index (χ2n) is 4.63. The van der Waals surface area contributed by atoms with Gasteiger partial charge < -0.3 is 5.11 Å². The maximum Gasteiger partial charge on any atom is 0.258 e. The van der Waals surface area contributed by atoms with Crippen molar-refractivity contribution in [3.63, 3.8) is 0 Å². The summed E-state index contributed by atoms with van der Waals surface area (Å²) in [6.07, 6.45) is 2.16. The Morgan fingerprint density at radius 2 is 2.14 bits per heavy atom. The molecule has 9 heteroatoms. The van der Waals surface area contributed by atoms with Gasteiger partial charge in [-0.2, -0.15) is 5.10 Å². The van der Waals surface area contributed by atoms with Crippen molar-refractivity contribution in [1.29, 1.82) is 0 Å². The van der Waals surface area contributed by atoms with Crippen molar-refractivity contribution in [2.45, 2.75) is 25.4 Å². The zero-order chi connectivity index (χ0) is 15.6. The molecule has 21 heavy (non-hydrogen) atoms. The maximum atomic E-state index is 11.9. The van der Waals surface area contributed by atoms with Crippen LogP contribution in [-0.4, -0.2) is 29.3 Å². The summed E-state index contributed by atoms with van der Waals surface area (Å²) in [6.45, 7) is 1.99. The normalized spacial score (nSPS) is 21.9. The number of nitrogens with one attached hydrogen (secondary N) is 3. The molecule has 2 rings (SSSR count). The molecule has 1 fully saturated rings. The highest BCUT2D eigenvalue weighted by atomic mass is 79.9. The average Bonchev–Trinajstić information content (AvgIpc) is 2.86. The molecule has 0 radical (unpaired) electrons. The van der Waals surface area contributed by atoms with Crippen LogP contribution in [-0.2, 0) is 4.79 Å². The molecule has 1 amide bonds. The van der Waals surface area contributed by atoms with E-state index in [1.807, 2.05) is 6.92 Å². The van der Waals surface area contributed by atoms with Crippen LogP contribution in [0.4, 0.5) is 0 Å². The van der Waals surface area contributed by atoms with Crippen LogP contribution in [0, 0.1) is 0 Å². The van der Waals surface area contributed by atoms with E-state index in [0.717, 1.165) is 4.47 Å². The molecular formula is C12H13Br3N4O2. The van der Waals surface area contributed by atoms with Gasteiger partial charge in [-0.3, -0.25) is 10.2 Å². The predicted octanol–water partition coefficient (Wildman–Crippen LogP) is 2.38. The van der Waals surface area contributed by atoms with Crippen LogP contribution in [0.2, 0.25) is 0 Å². The Bertz CT molecular complexity index is 594. The number of amides is 1. The lowest BCUT2D eigenvalue weighted by Crippen LogP contribution is -2.41. The molecule has 2 unspecified atom stereocenters. The molecule has 0 aliphatic carbocycles. The van der Waals surface area contributed by atoms with E-state index in [0.29, 0.717) is 20.9 Å². The number of phenols is 1. The smallest absolute Gasteiger partial charge is 0.258 e. The van der Waals surface area contributed by atoms with E-state index in [2.05, 4.69) is 69.2 Å². The van der Waals surface area contributed by atoms with Crippen molar-refractivity contribution in [2.24, 2.45) is 5.10 Å². The first-order valence-corrected chi connectivity index (χ1v) is 8.48. The van der Waals surface area contributed by atoms with Crippen molar-refractivity contribution in [1.82, 2.24) is 16.3 Å². The van der Waals surface area contributed by atoms with Crippen molar-refractivity contribution in [3.05, 3.63) is 25.0 Å².